The van der Waals surface area contributed by atoms with E-state index >= 15 is 0 Å². The van der Waals surface area contributed by atoms with Gasteiger partial charge in [0.1, 0.15) is 0 Å². The summed E-state index contributed by atoms with van der Waals surface area (Å²) in [5.41, 5.74) is 8.04. The number of halogens is 1. The molecule has 0 fully saturated rings. The van der Waals surface area contributed by atoms with Gasteiger partial charge in [0.25, 0.3) is 0 Å². The van der Waals surface area contributed by atoms with Gasteiger partial charge in [0.2, 0.25) is 0 Å². The number of primary amides is 1. The Labute approximate surface area is 86.9 Å². The van der Waals surface area contributed by atoms with Gasteiger partial charge in [-0.1, -0.05) is 24.3 Å². The van der Waals surface area contributed by atoms with Crippen LogP contribution in [0.25, 0.3) is 6.08 Å². The molecule has 0 unspecified atom stereocenters. The van der Waals surface area contributed by atoms with Crippen molar-refractivity contribution in [2.75, 3.05) is 0 Å². The third-order valence-corrected chi connectivity index (χ3v) is 2.58. The highest BCUT2D eigenvalue weighted by Gasteiger charge is 2.19. The minimum Gasteiger partial charge on any atom is -0.350 e. The van der Waals surface area contributed by atoms with E-state index < -0.39 is 6.03 Å². The lowest BCUT2D eigenvalue weighted by atomic mass is 10.1. The van der Waals surface area contributed by atoms with Crippen molar-refractivity contribution >= 4 is 23.9 Å². The van der Waals surface area contributed by atoms with Gasteiger partial charge in [0.15, 0.2) is 0 Å². The Hall–Kier alpha value is -1.48. The van der Waals surface area contributed by atoms with Gasteiger partial charge in [-0.3, -0.25) is 0 Å². The molecule has 0 bridgehead atoms. The third-order valence-electron chi connectivity index (χ3n) is 2.19. The lowest BCUT2D eigenvalue weighted by molar-refractivity contribution is 0.239. The smallest absolute Gasteiger partial charge is 0.333 e. The monoisotopic (exact) mass is 208 g/mol. The van der Waals surface area contributed by atoms with Crippen LogP contribution < -0.4 is 5.73 Å². The van der Waals surface area contributed by atoms with Crippen LogP contribution in [0.5, 0.6) is 0 Å². The molecule has 14 heavy (non-hydrogen) atoms. The van der Waals surface area contributed by atoms with E-state index in [4.69, 9.17) is 17.5 Å². The molecule has 1 aliphatic rings. The summed E-state index contributed by atoms with van der Waals surface area (Å²) < 4.78 is 0.958. The zero-order valence-electron chi connectivity index (χ0n) is 7.40. The molecule has 0 atom stereocenters. The predicted molar refractivity (Wildman–Crippen MR) is 55.4 cm³/mol. The normalized spacial score (nSPS) is 13.4. The Morgan fingerprint density at radius 3 is 2.79 bits per heavy atom. The lowest BCUT2D eigenvalue weighted by Crippen LogP contribution is -2.26. The molecule has 4 heteroatoms. The average molecular weight is 209 g/mol. The molecule has 1 aromatic rings. The summed E-state index contributed by atoms with van der Waals surface area (Å²) in [4.78, 5) is 10.8. The molecule has 0 heterocycles. The number of fused-ring (bicyclic) bond motifs is 1. The number of nitrogens with zero attached hydrogens (tertiary/aromatic N) is 1. The number of amides is 2. The third kappa shape index (κ3) is 1.46. The molecule has 0 saturated heterocycles. The fourth-order valence-corrected chi connectivity index (χ4v) is 1.64. The number of allylic oxidation sites excluding steroid dienone is 1. The predicted octanol–water partition coefficient (Wildman–Crippen LogP) is 2.12. The first-order valence-electron chi connectivity index (χ1n) is 4.22. The molecule has 72 valence electrons. The Morgan fingerprint density at radius 2 is 2.14 bits per heavy atom. The van der Waals surface area contributed by atoms with Crippen LogP contribution in [0.4, 0.5) is 4.79 Å². The van der Waals surface area contributed by atoms with Gasteiger partial charge in [-0.2, -0.15) is 0 Å². The quantitative estimate of drug-likeness (QED) is 0.706. The maximum Gasteiger partial charge on any atom is 0.333 e. The van der Waals surface area contributed by atoms with Gasteiger partial charge < -0.3 is 5.73 Å². The molecular formula is C10H9ClN2O. The van der Waals surface area contributed by atoms with Crippen molar-refractivity contribution in [1.29, 1.82) is 0 Å². The van der Waals surface area contributed by atoms with Crippen LogP contribution in [0.15, 0.2) is 30.0 Å². The van der Waals surface area contributed by atoms with Gasteiger partial charge in [0, 0.05) is 23.9 Å². The van der Waals surface area contributed by atoms with E-state index in [1.165, 1.54) is 0 Å². The van der Waals surface area contributed by atoms with E-state index in [0.717, 1.165) is 21.2 Å². The number of hydrogen-bond donors (Lipinski definition) is 1. The van der Waals surface area contributed by atoms with Crippen LogP contribution >= 0.6 is 11.8 Å². The zero-order chi connectivity index (χ0) is 10.1. The summed E-state index contributed by atoms with van der Waals surface area (Å²) in [6.07, 6.45) is 2.52. The SMILES string of the molecule is NC(=O)N(Cl)C1=Cc2ccccc2C1. The maximum absolute atomic E-state index is 10.8. The molecule has 1 aliphatic carbocycles. The molecule has 3 nitrogen and oxygen atoms in total. The van der Waals surface area contributed by atoms with Crippen LogP contribution in [0.3, 0.4) is 0 Å². The fraction of sp³-hybridized carbons (Fsp3) is 0.100. The van der Waals surface area contributed by atoms with Crippen molar-refractivity contribution in [3.63, 3.8) is 0 Å². The van der Waals surface area contributed by atoms with Crippen LogP contribution in [0, 0.1) is 0 Å². The number of carbonyl (C=O) groups excluding carboxylic acids is 1. The van der Waals surface area contributed by atoms with Crippen molar-refractivity contribution in [1.82, 2.24) is 4.42 Å². The number of benzene rings is 1. The van der Waals surface area contributed by atoms with Gasteiger partial charge in [-0.05, 0) is 17.2 Å². The number of urea groups is 1. The average Bonchev–Trinajstić information content (AvgIpc) is 2.59. The minimum absolute atomic E-state index is 0.647. The lowest BCUT2D eigenvalue weighted by Gasteiger charge is -2.10. The molecule has 2 rings (SSSR count). The molecular weight excluding hydrogens is 200 g/mol. The van der Waals surface area contributed by atoms with E-state index in [1.807, 2.05) is 30.3 Å². The van der Waals surface area contributed by atoms with E-state index in [1.54, 1.807) is 0 Å². The molecule has 2 amide bonds. The summed E-state index contributed by atoms with van der Waals surface area (Å²) in [6.45, 7) is 0. The molecule has 0 aromatic heterocycles. The van der Waals surface area contributed by atoms with Crippen molar-refractivity contribution in [2.45, 2.75) is 6.42 Å². The number of nitrogens with two attached hydrogens (primary N) is 1. The van der Waals surface area contributed by atoms with Crippen molar-refractivity contribution in [2.24, 2.45) is 5.73 Å². The summed E-state index contributed by atoms with van der Waals surface area (Å²) in [6, 6.07) is 7.24. The standard InChI is InChI=1S/C10H9ClN2O/c11-13(10(12)14)9-5-7-3-1-2-4-8(7)6-9/h1-5H,6H2,(H2,12,14). The summed E-state index contributed by atoms with van der Waals surface area (Å²) in [7, 11) is 0. The summed E-state index contributed by atoms with van der Waals surface area (Å²) in [5, 5.41) is 0. The molecule has 2 N–H and O–H groups in total. The van der Waals surface area contributed by atoms with Gasteiger partial charge in [-0.25, -0.2) is 9.21 Å². The highest BCUT2D eigenvalue weighted by Crippen LogP contribution is 2.27. The van der Waals surface area contributed by atoms with Crippen LogP contribution in [-0.4, -0.2) is 10.5 Å². The van der Waals surface area contributed by atoms with Crippen molar-refractivity contribution < 1.29 is 4.79 Å². The fourth-order valence-electron chi connectivity index (χ4n) is 1.53. The van der Waals surface area contributed by atoms with E-state index in [-0.39, 0.29) is 0 Å². The second kappa shape index (κ2) is 3.35. The van der Waals surface area contributed by atoms with E-state index in [0.29, 0.717) is 6.42 Å². The maximum atomic E-state index is 10.8. The Morgan fingerprint density at radius 1 is 1.43 bits per heavy atom. The first-order valence-corrected chi connectivity index (χ1v) is 4.56. The molecule has 0 aliphatic heterocycles. The second-order valence-electron chi connectivity index (χ2n) is 3.13. The summed E-state index contributed by atoms with van der Waals surface area (Å²) in [5.74, 6) is 0. The van der Waals surface area contributed by atoms with Crippen LogP contribution in [0.2, 0.25) is 0 Å². The first-order chi connectivity index (χ1) is 6.68. The number of carbonyl (C=O) groups is 1. The molecule has 0 saturated carbocycles. The largest absolute Gasteiger partial charge is 0.350 e. The number of hydrogen-bond acceptors (Lipinski definition) is 1. The second-order valence-corrected chi connectivity index (χ2v) is 3.47. The Balaban J connectivity index is 2.27. The molecule has 1 aromatic carbocycles. The highest BCUT2D eigenvalue weighted by atomic mass is 35.5. The topological polar surface area (TPSA) is 46.3 Å². The zero-order valence-corrected chi connectivity index (χ0v) is 8.16. The van der Waals surface area contributed by atoms with E-state index in [2.05, 4.69) is 0 Å². The summed E-state index contributed by atoms with van der Waals surface area (Å²) >= 11 is 5.70. The number of rotatable bonds is 1. The first kappa shape index (κ1) is 9.09. The van der Waals surface area contributed by atoms with Crippen LogP contribution in [-0.2, 0) is 6.42 Å². The Bertz CT molecular complexity index is 414. The van der Waals surface area contributed by atoms with Gasteiger partial charge >= 0.3 is 6.03 Å². The van der Waals surface area contributed by atoms with Crippen LogP contribution in [0.1, 0.15) is 11.1 Å². The van der Waals surface area contributed by atoms with Gasteiger partial charge in [-0.15, -0.1) is 0 Å². The molecule has 0 radical (unpaired) electrons. The van der Waals surface area contributed by atoms with Crippen molar-refractivity contribution in [3.8, 4) is 0 Å². The Kier molecular flexibility index (Phi) is 2.17. The molecule has 0 spiro atoms. The minimum atomic E-state index is -0.647. The van der Waals surface area contributed by atoms with E-state index in [9.17, 15) is 4.79 Å². The van der Waals surface area contributed by atoms with Crippen molar-refractivity contribution in [3.05, 3.63) is 41.1 Å². The van der Waals surface area contributed by atoms with Gasteiger partial charge in [0.05, 0.1) is 0 Å². The highest BCUT2D eigenvalue weighted by molar-refractivity contribution is 6.22.